The van der Waals surface area contributed by atoms with Crippen molar-refractivity contribution in [2.75, 3.05) is 68.0 Å². The average molecular weight is 774 g/mol. The molecular formula is C43H55N11O3. The zero-order chi connectivity index (χ0) is 39.0. The maximum atomic E-state index is 12.5. The molecule has 8 heterocycles. The van der Waals surface area contributed by atoms with Crippen molar-refractivity contribution in [3.63, 3.8) is 0 Å². The molecule has 4 aliphatic rings. The van der Waals surface area contributed by atoms with Gasteiger partial charge in [0.25, 0.3) is 0 Å². The van der Waals surface area contributed by atoms with E-state index in [1.54, 1.807) is 7.11 Å². The number of nitrogens with zero attached hydrogens (tertiary/aromatic N) is 9. The molecule has 9 rings (SSSR count). The summed E-state index contributed by atoms with van der Waals surface area (Å²) in [6, 6.07) is 10.7. The largest absolute Gasteiger partial charge is 0.381 e. The van der Waals surface area contributed by atoms with Crippen LogP contribution in [0.3, 0.4) is 0 Å². The summed E-state index contributed by atoms with van der Waals surface area (Å²) >= 11 is 0. The Morgan fingerprint density at radius 1 is 0.860 bits per heavy atom. The molecule has 1 atom stereocenters. The number of benzene rings is 1. The number of pyridine rings is 1. The van der Waals surface area contributed by atoms with E-state index in [4.69, 9.17) is 19.8 Å². The van der Waals surface area contributed by atoms with Crippen LogP contribution in [0.4, 0.5) is 23.4 Å². The predicted octanol–water partition coefficient (Wildman–Crippen LogP) is 6.19. The Morgan fingerprint density at radius 2 is 1.63 bits per heavy atom. The zero-order valence-electron chi connectivity index (χ0n) is 33.4. The number of imide groups is 1. The van der Waals surface area contributed by atoms with Crippen LogP contribution < -0.4 is 20.4 Å². The molecule has 57 heavy (non-hydrogen) atoms. The SMILES string of the molecule is COC1CCN(c2nccc(Nc3cc4c(cn3)c(N3CCC(CN5CCC(c6ccc7cn(C8CCC(=O)NC8=O)cc7c6)CC5)CC3)nn4C(C)C)n2)CC1. The molecule has 2 N–H and O–H groups in total. The van der Waals surface area contributed by atoms with Crippen LogP contribution in [0.5, 0.6) is 0 Å². The number of rotatable bonds is 10. The van der Waals surface area contributed by atoms with Gasteiger partial charge in [-0.3, -0.25) is 19.6 Å². The lowest BCUT2D eigenvalue weighted by Crippen LogP contribution is -2.41. The first-order valence-electron chi connectivity index (χ1n) is 21.0. The maximum absolute atomic E-state index is 12.5. The molecule has 4 aliphatic heterocycles. The number of methoxy groups -OCH3 is 1. The number of hydrogen-bond donors (Lipinski definition) is 2. The highest BCUT2D eigenvalue weighted by Crippen LogP contribution is 2.35. The van der Waals surface area contributed by atoms with Gasteiger partial charge in [0.2, 0.25) is 17.8 Å². The number of fused-ring (bicyclic) bond motifs is 2. The van der Waals surface area contributed by atoms with Crippen molar-refractivity contribution in [2.45, 2.75) is 89.3 Å². The second-order valence-corrected chi connectivity index (χ2v) is 16.8. The van der Waals surface area contributed by atoms with Crippen molar-refractivity contribution < 1.29 is 14.3 Å². The van der Waals surface area contributed by atoms with Crippen LogP contribution in [0.2, 0.25) is 0 Å². The predicted molar refractivity (Wildman–Crippen MR) is 222 cm³/mol. The third-order valence-corrected chi connectivity index (χ3v) is 12.8. The standard InChI is InChI=1S/C43H55N11O3/c1-28(2)54-37-23-39(46-38-8-15-44-43(47-38)52-20-13-34(57-3)14-21-52)45-24-35(37)41(49-54)51-18-9-29(10-19-51)25-50-16-11-30(12-17-50)31-4-5-32-26-53(27-33(32)22-31)36-6-7-40(55)48-42(36)56/h4-5,8,15,22-24,26-30,34,36H,6-7,9-14,16-21,25H2,1-3H3,(H,48,55,56)(H,44,45,46,47). The molecule has 1 unspecified atom stereocenters. The van der Waals surface area contributed by atoms with Crippen molar-refractivity contribution in [1.82, 2.24) is 39.5 Å². The van der Waals surface area contributed by atoms with Crippen LogP contribution in [-0.2, 0) is 14.3 Å². The number of amides is 2. The summed E-state index contributed by atoms with van der Waals surface area (Å²) in [6.45, 7) is 11.5. The molecule has 0 bridgehead atoms. The highest BCUT2D eigenvalue weighted by molar-refractivity contribution is 6.00. The summed E-state index contributed by atoms with van der Waals surface area (Å²) in [4.78, 5) is 45.7. The second-order valence-electron chi connectivity index (χ2n) is 16.8. The van der Waals surface area contributed by atoms with E-state index >= 15 is 0 Å². The number of piperidine rings is 4. The van der Waals surface area contributed by atoms with Crippen LogP contribution in [0.15, 0.2) is 55.1 Å². The van der Waals surface area contributed by atoms with E-state index in [0.717, 1.165) is 129 Å². The number of carbonyl (C=O) groups is 2. The lowest BCUT2D eigenvalue weighted by molar-refractivity contribution is -0.135. The first-order valence-corrected chi connectivity index (χ1v) is 21.0. The van der Waals surface area contributed by atoms with Gasteiger partial charge in [0.05, 0.1) is 17.0 Å². The Kier molecular flexibility index (Phi) is 10.6. The highest BCUT2D eigenvalue weighted by Gasteiger charge is 2.30. The van der Waals surface area contributed by atoms with Gasteiger partial charge in [-0.25, -0.2) is 9.97 Å². The lowest BCUT2D eigenvalue weighted by atomic mass is 9.87. The summed E-state index contributed by atoms with van der Waals surface area (Å²) in [5.74, 6) is 4.07. The summed E-state index contributed by atoms with van der Waals surface area (Å²) in [5.41, 5.74) is 2.46. The minimum atomic E-state index is -0.320. The quantitative estimate of drug-likeness (QED) is 0.157. The Balaban J connectivity index is 0.791. The fraction of sp³-hybridized carbons (Fsp3) is 0.535. The summed E-state index contributed by atoms with van der Waals surface area (Å²) < 4.78 is 9.65. The van der Waals surface area contributed by atoms with Crippen molar-refractivity contribution in [2.24, 2.45) is 5.92 Å². The van der Waals surface area contributed by atoms with E-state index in [1.165, 1.54) is 5.56 Å². The number of likely N-dealkylation sites (tertiary alicyclic amines) is 1. The maximum Gasteiger partial charge on any atom is 0.249 e. The minimum absolute atomic E-state index is 0.180. The Morgan fingerprint density at radius 3 is 2.39 bits per heavy atom. The molecule has 14 nitrogen and oxygen atoms in total. The number of nitrogens with one attached hydrogen (secondary N) is 2. The Labute approximate surface area is 334 Å². The van der Waals surface area contributed by atoms with Crippen molar-refractivity contribution in [3.8, 4) is 0 Å². The molecule has 2 amide bonds. The van der Waals surface area contributed by atoms with Gasteiger partial charge in [-0.05, 0) is 112 Å². The van der Waals surface area contributed by atoms with Gasteiger partial charge in [0.15, 0.2) is 5.82 Å². The summed E-state index contributed by atoms with van der Waals surface area (Å²) in [6.07, 6.45) is 15.7. The Hall–Kier alpha value is -5.08. The number of ether oxygens (including phenoxy) is 1. The van der Waals surface area contributed by atoms with E-state index in [-0.39, 0.29) is 23.9 Å². The van der Waals surface area contributed by atoms with Gasteiger partial charge in [-0.2, -0.15) is 10.1 Å². The Bertz CT molecular complexity index is 2230. The third kappa shape index (κ3) is 7.94. The van der Waals surface area contributed by atoms with Gasteiger partial charge in [0, 0.05) is 83.1 Å². The van der Waals surface area contributed by atoms with Crippen LogP contribution in [0.25, 0.3) is 21.7 Å². The molecule has 4 saturated heterocycles. The third-order valence-electron chi connectivity index (χ3n) is 12.8. The molecule has 1 aromatic carbocycles. The monoisotopic (exact) mass is 773 g/mol. The lowest BCUT2D eigenvalue weighted by Gasteiger charge is -2.38. The van der Waals surface area contributed by atoms with Crippen molar-refractivity contribution in [1.29, 1.82) is 0 Å². The van der Waals surface area contributed by atoms with Crippen LogP contribution in [0, 0.1) is 5.92 Å². The molecule has 14 heteroatoms. The first-order chi connectivity index (χ1) is 27.8. The second kappa shape index (κ2) is 16.0. The number of hydrogen-bond acceptors (Lipinski definition) is 11. The minimum Gasteiger partial charge on any atom is -0.381 e. The first kappa shape index (κ1) is 37.5. The fourth-order valence-electron chi connectivity index (χ4n) is 9.43. The molecule has 5 aromatic rings. The van der Waals surface area contributed by atoms with E-state index in [0.29, 0.717) is 30.8 Å². The van der Waals surface area contributed by atoms with E-state index in [9.17, 15) is 9.59 Å². The molecule has 0 aliphatic carbocycles. The van der Waals surface area contributed by atoms with E-state index in [1.807, 2.05) is 29.2 Å². The van der Waals surface area contributed by atoms with Gasteiger partial charge >= 0.3 is 0 Å². The van der Waals surface area contributed by atoms with Crippen LogP contribution >= 0.6 is 0 Å². The van der Waals surface area contributed by atoms with E-state index < -0.39 is 0 Å². The highest BCUT2D eigenvalue weighted by atomic mass is 16.5. The molecular weight excluding hydrogens is 719 g/mol. The molecule has 4 aromatic heterocycles. The molecule has 300 valence electrons. The molecule has 0 radical (unpaired) electrons. The summed E-state index contributed by atoms with van der Waals surface area (Å²) in [5, 5.41) is 14.5. The van der Waals surface area contributed by atoms with Gasteiger partial charge < -0.3 is 29.3 Å². The van der Waals surface area contributed by atoms with Gasteiger partial charge in [-0.15, -0.1) is 0 Å². The molecule has 0 saturated carbocycles. The fourth-order valence-corrected chi connectivity index (χ4v) is 9.43. The normalized spacial score (nSPS) is 20.9. The van der Waals surface area contributed by atoms with Crippen molar-refractivity contribution >= 4 is 56.9 Å². The van der Waals surface area contributed by atoms with Gasteiger partial charge in [0.1, 0.15) is 17.7 Å². The zero-order valence-corrected chi connectivity index (χ0v) is 33.4. The van der Waals surface area contributed by atoms with Gasteiger partial charge in [-0.1, -0.05) is 12.1 Å². The number of anilines is 4. The number of carbonyl (C=O) groups excluding carboxylic acids is 2. The summed E-state index contributed by atoms with van der Waals surface area (Å²) in [7, 11) is 1.78. The molecule has 4 fully saturated rings. The smallest absolute Gasteiger partial charge is 0.249 e. The topological polar surface area (TPSA) is 139 Å². The van der Waals surface area contributed by atoms with Crippen molar-refractivity contribution in [3.05, 3.63) is 60.7 Å². The molecule has 0 spiro atoms. The average Bonchev–Trinajstić information content (AvgIpc) is 3.83. The van der Waals surface area contributed by atoms with Crippen LogP contribution in [0.1, 0.15) is 88.8 Å². The van der Waals surface area contributed by atoms with E-state index in [2.05, 4.69) is 79.3 Å². The van der Waals surface area contributed by atoms with Crippen LogP contribution in [-0.4, -0.2) is 105 Å². The number of aromatic nitrogens is 6.